The summed E-state index contributed by atoms with van der Waals surface area (Å²) in [5.41, 5.74) is 5.85. The van der Waals surface area contributed by atoms with E-state index in [-0.39, 0.29) is 5.54 Å². The Kier molecular flexibility index (Phi) is 6.29. The summed E-state index contributed by atoms with van der Waals surface area (Å²) < 4.78 is 5.23. The molecule has 0 aromatic carbocycles. The number of ether oxygens (including phenoxy) is 1. The van der Waals surface area contributed by atoms with Gasteiger partial charge in [0.25, 0.3) is 0 Å². The molecule has 0 aliphatic rings. The van der Waals surface area contributed by atoms with E-state index in [1.54, 1.807) is 7.11 Å². The highest BCUT2D eigenvalue weighted by Gasteiger charge is 2.30. The largest absolute Gasteiger partial charge is 0.383 e. The Hall–Kier alpha value is -0.120. The van der Waals surface area contributed by atoms with Gasteiger partial charge < -0.3 is 10.5 Å². The average molecular weight is 188 g/mol. The third kappa shape index (κ3) is 3.25. The molecule has 0 radical (unpaired) electrons. The highest BCUT2D eigenvalue weighted by Crippen LogP contribution is 2.17. The van der Waals surface area contributed by atoms with Crippen LogP contribution < -0.4 is 5.73 Å². The van der Waals surface area contributed by atoms with Crippen molar-refractivity contribution >= 4 is 0 Å². The predicted octanol–water partition coefficient (Wildman–Crippen LogP) is 1.08. The van der Waals surface area contributed by atoms with E-state index >= 15 is 0 Å². The minimum Gasteiger partial charge on any atom is -0.383 e. The molecule has 0 spiro atoms. The molecule has 0 aliphatic heterocycles. The van der Waals surface area contributed by atoms with Crippen LogP contribution in [0.25, 0.3) is 0 Å². The number of rotatable bonds is 7. The van der Waals surface area contributed by atoms with Crippen molar-refractivity contribution in [3.8, 4) is 0 Å². The molecule has 1 unspecified atom stereocenters. The summed E-state index contributed by atoms with van der Waals surface area (Å²) in [7, 11) is 3.86. The van der Waals surface area contributed by atoms with E-state index in [9.17, 15) is 0 Å². The lowest BCUT2D eigenvalue weighted by Gasteiger charge is -2.40. The maximum Gasteiger partial charge on any atom is 0.0658 e. The summed E-state index contributed by atoms with van der Waals surface area (Å²) >= 11 is 0. The smallest absolute Gasteiger partial charge is 0.0658 e. The fourth-order valence-corrected chi connectivity index (χ4v) is 1.68. The Labute approximate surface area is 82.2 Å². The first kappa shape index (κ1) is 12.9. The topological polar surface area (TPSA) is 38.5 Å². The van der Waals surface area contributed by atoms with E-state index in [0.29, 0.717) is 6.54 Å². The molecule has 0 amide bonds. The minimum atomic E-state index is 0.0325. The minimum absolute atomic E-state index is 0.0325. The van der Waals surface area contributed by atoms with Crippen LogP contribution >= 0.6 is 0 Å². The average Bonchev–Trinajstić information content (AvgIpc) is 2.14. The lowest BCUT2D eigenvalue weighted by Crippen LogP contribution is -2.55. The van der Waals surface area contributed by atoms with E-state index in [4.69, 9.17) is 10.5 Å². The molecule has 0 bridgehead atoms. The second-order valence-electron chi connectivity index (χ2n) is 3.64. The molecule has 0 fully saturated rings. The van der Waals surface area contributed by atoms with Crippen molar-refractivity contribution in [2.75, 3.05) is 33.9 Å². The van der Waals surface area contributed by atoms with E-state index in [2.05, 4.69) is 25.8 Å². The molecule has 2 N–H and O–H groups in total. The monoisotopic (exact) mass is 188 g/mol. The first-order chi connectivity index (χ1) is 6.16. The molecule has 1 atom stereocenters. The molecular formula is C10H24N2O. The number of nitrogens with zero attached hydrogens (tertiary/aromatic N) is 1. The zero-order chi connectivity index (χ0) is 10.3. The zero-order valence-corrected chi connectivity index (χ0v) is 9.47. The molecule has 0 heterocycles. The van der Waals surface area contributed by atoms with Crippen LogP contribution in [-0.4, -0.2) is 44.3 Å². The number of hydrogen-bond donors (Lipinski definition) is 1. The molecule has 0 saturated heterocycles. The van der Waals surface area contributed by atoms with E-state index in [1.807, 2.05) is 0 Å². The van der Waals surface area contributed by atoms with Crippen molar-refractivity contribution in [1.82, 2.24) is 4.90 Å². The molecule has 3 nitrogen and oxygen atoms in total. The number of methoxy groups -OCH3 is 1. The van der Waals surface area contributed by atoms with Gasteiger partial charge in [-0.05, 0) is 26.4 Å². The normalized spacial score (nSPS) is 16.2. The van der Waals surface area contributed by atoms with Crippen LogP contribution in [0.4, 0.5) is 0 Å². The van der Waals surface area contributed by atoms with Crippen LogP contribution in [0.15, 0.2) is 0 Å². The molecule has 13 heavy (non-hydrogen) atoms. The standard InChI is InChI=1S/C10H24N2O/c1-5-7-12(3)10(6-2,8-11)9-13-4/h5-9,11H2,1-4H3. The third-order valence-electron chi connectivity index (χ3n) is 2.82. The van der Waals surface area contributed by atoms with Gasteiger partial charge in [0.15, 0.2) is 0 Å². The van der Waals surface area contributed by atoms with Crippen molar-refractivity contribution in [2.24, 2.45) is 5.73 Å². The van der Waals surface area contributed by atoms with Gasteiger partial charge in [0.1, 0.15) is 0 Å². The predicted molar refractivity (Wildman–Crippen MR) is 56.9 cm³/mol. The number of nitrogens with two attached hydrogens (primary N) is 1. The van der Waals surface area contributed by atoms with Gasteiger partial charge in [-0.3, -0.25) is 4.90 Å². The highest BCUT2D eigenvalue weighted by molar-refractivity contribution is 4.88. The van der Waals surface area contributed by atoms with Gasteiger partial charge in [-0.2, -0.15) is 0 Å². The molecule has 0 saturated carbocycles. The summed E-state index contributed by atoms with van der Waals surface area (Å²) in [4.78, 5) is 2.32. The Morgan fingerprint density at radius 2 is 2.00 bits per heavy atom. The van der Waals surface area contributed by atoms with E-state index in [1.165, 1.54) is 0 Å². The maximum absolute atomic E-state index is 5.81. The van der Waals surface area contributed by atoms with Gasteiger partial charge in [0.05, 0.1) is 12.1 Å². The van der Waals surface area contributed by atoms with Gasteiger partial charge in [0, 0.05) is 13.7 Å². The van der Waals surface area contributed by atoms with E-state index < -0.39 is 0 Å². The summed E-state index contributed by atoms with van der Waals surface area (Å²) in [6.07, 6.45) is 2.19. The van der Waals surface area contributed by atoms with Crippen LogP contribution in [0.3, 0.4) is 0 Å². The second kappa shape index (κ2) is 6.35. The quantitative estimate of drug-likeness (QED) is 0.650. The van der Waals surface area contributed by atoms with Crippen LogP contribution in [0.1, 0.15) is 26.7 Å². The summed E-state index contributed by atoms with van der Waals surface area (Å²) in [5, 5.41) is 0. The van der Waals surface area contributed by atoms with Crippen molar-refractivity contribution in [3.05, 3.63) is 0 Å². The molecular weight excluding hydrogens is 164 g/mol. The molecule has 0 aliphatic carbocycles. The maximum atomic E-state index is 5.81. The molecule has 3 heteroatoms. The SMILES string of the molecule is CCCN(C)C(CC)(CN)COC. The van der Waals surface area contributed by atoms with Gasteiger partial charge in [-0.1, -0.05) is 13.8 Å². The van der Waals surface area contributed by atoms with Crippen molar-refractivity contribution in [1.29, 1.82) is 0 Å². The first-order valence-electron chi connectivity index (χ1n) is 5.07. The Bertz CT molecular complexity index is 124. The third-order valence-corrected chi connectivity index (χ3v) is 2.82. The van der Waals surface area contributed by atoms with Crippen LogP contribution in [0.5, 0.6) is 0 Å². The van der Waals surface area contributed by atoms with Gasteiger partial charge in [0.2, 0.25) is 0 Å². The number of likely N-dealkylation sites (N-methyl/N-ethyl adjacent to an activating group) is 1. The van der Waals surface area contributed by atoms with Gasteiger partial charge in [-0.25, -0.2) is 0 Å². The first-order valence-corrected chi connectivity index (χ1v) is 5.07. The van der Waals surface area contributed by atoms with Crippen LogP contribution in [-0.2, 0) is 4.74 Å². The Morgan fingerprint density at radius 1 is 1.38 bits per heavy atom. The molecule has 80 valence electrons. The van der Waals surface area contributed by atoms with Crippen molar-refractivity contribution in [3.63, 3.8) is 0 Å². The molecule has 0 aromatic heterocycles. The fraction of sp³-hybridized carbons (Fsp3) is 1.00. The van der Waals surface area contributed by atoms with E-state index in [0.717, 1.165) is 26.0 Å². The number of hydrogen-bond acceptors (Lipinski definition) is 3. The highest BCUT2D eigenvalue weighted by atomic mass is 16.5. The van der Waals surface area contributed by atoms with Crippen molar-refractivity contribution in [2.45, 2.75) is 32.2 Å². The lowest BCUT2D eigenvalue weighted by molar-refractivity contribution is 0.0281. The van der Waals surface area contributed by atoms with Gasteiger partial charge in [-0.15, -0.1) is 0 Å². The second-order valence-corrected chi connectivity index (χ2v) is 3.64. The van der Waals surface area contributed by atoms with Crippen molar-refractivity contribution < 1.29 is 4.74 Å². The summed E-state index contributed by atoms with van der Waals surface area (Å²) in [5.74, 6) is 0. The molecule has 0 aromatic rings. The van der Waals surface area contributed by atoms with Crippen LogP contribution in [0.2, 0.25) is 0 Å². The van der Waals surface area contributed by atoms with Crippen LogP contribution in [0, 0.1) is 0 Å². The fourth-order valence-electron chi connectivity index (χ4n) is 1.68. The summed E-state index contributed by atoms with van der Waals surface area (Å²) in [6, 6.07) is 0. The Morgan fingerprint density at radius 3 is 2.31 bits per heavy atom. The molecule has 0 rings (SSSR count). The zero-order valence-electron chi connectivity index (χ0n) is 9.47. The van der Waals surface area contributed by atoms with Gasteiger partial charge >= 0.3 is 0 Å². The summed E-state index contributed by atoms with van der Waals surface area (Å²) in [6.45, 7) is 6.80. The lowest BCUT2D eigenvalue weighted by atomic mass is 9.95. The Balaban J connectivity index is 4.33.